The van der Waals surface area contributed by atoms with Gasteiger partial charge in [-0.3, -0.25) is 9.36 Å². The Kier molecular flexibility index (Phi) is 28.8. The number of unbranched alkanes of at least 4 members (excludes halogenated alkanes) is 2. The molecule has 3 atom stereocenters. The first kappa shape index (κ1) is 45.4. The third-order valence-corrected chi connectivity index (χ3v) is 7.75. The molecule has 272 valence electrons. The minimum Gasteiger partial charge on any atom is -0.756 e. The van der Waals surface area contributed by atoms with Crippen LogP contribution in [-0.4, -0.2) is 68.5 Å². The van der Waals surface area contributed by atoms with Gasteiger partial charge in [-0.25, -0.2) is 0 Å². The molecule has 0 saturated heterocycles. The van der Waals surface area contributed by atoms with E-state index in [1.807, 2.05) is 28.1 Å². The van der Waals surface area contributed by atoms with Crippen LogP contribution in [0.4, 0.5) is 0 Å². The Balaban J connectivity index is 4.30. The van der Waals surface area contributed by atoms with Gasteiger partial charge in [0.2, 0.25) is 5.91 Å². The molecule has 0 heterocycles. The summed E-state index contributed by atoms with van der Waals surface area (Å²) in [6.45, 7) is 4.20. The van der Waals surface area contributed by atoms with Gasteiger partial charge in [0, 0.05) is 6.42 Å². The highest BCUT2D eigenvalue weighted by atomic mass is 31.2. The van der Waals surface area contributed by atoms with Gasteiger partial charge < -0.3 is 28.8 Å². The first-order chi connectivity index (χ1) is 23.0. The summed E-state index contributed by atoms with van der Waals surface area (Å²) >= 11 is 0. The van der Waals surface area contributed by atoms with E-state index < -0.39 is 26.6 Å². The maximum absolute atomic E-state index is 12.6. The second-order valence-corrected chi connectivity index (χ2v) is 13.9. The van der Waals surface area contributed by atoms with Gasteiger partial charge in [-0.05, 0) is 64.2 Å². The van der Waals surface area contributed by atoms with Gasteiger partial charge in [0.15, 0.2) is 0 Å². The molecule has 0 rings (SSSR count). The molecule has 0 fully saturated rings. The normalized spacial score (nSPS) is 15.9. The highest BCUT2D eigenvalue weighted by Crippen LogP contribution is 2.38. The number of phosphoric acid groups is 1. The number of allylic oxidation sites excluding steroid dienone is 15. The molecule has 3 unspecified atom stereocenters. The van der Waals surface area contributed by atoms with Gasteiger partial charge in [-0.2, -0.15) is 0 Å². The number of likely N-dealkylation sites (N-methyl/N-ethyl adjacent to an activating group) is 1. The number of hydrogen-bond donors (Lipinski definition) is 2. The largest absolute Gasteiger partial charge is 0.756 e. The van der Waals surface area contributed by atoms with Gasteiger partial charge >= 0.3 is 0 Å². The Morgan fingerprint density at radius 2 is 1.23 bits per heavy atom. The van der Waals surface area contributed by atoms with E-state index in [4.69, 9.17) is 9.05 Å². The smallest absolute Gasteiger partial charge is 0.268 e. The molecule has 0 aromatic rings. The third kappa shape index (κ3) is 32.0. The average molecular weight is 689 g/mol. The Labute approximate surface area is 292 Å². The lowest BCUT2D eigenvalue weighted by Gasteiger charge is -2.29. The van der Waals surface area contributed by atoms with Crippen LogP contribution in [0.1, 0.15) is 90.9 Å². The number of rotatable bonds is 29. The molecule has 1 amide bonds. The molecule has 0 aliphatic rings. The van der Waals surface area contributed by atoms with E-state index in [9.17, 15) is 19.4 Å². The fraction of sp³-hybridized carbons (Fsp3) is 0.564. The molecular formula is C39H65N2O6P. The summed E-state index contributed by atoms with van der Waals surface area (Å²) in [5.74, 6) is -0.274. The van der Waals surface area contributed by atoms with Crippen LogP contribution in [-0.2, 0) is 18.4 Å². The first-order valence-corrected chi connectivity index (χ1v) is 19.1. The first-order valence-electron chi connectivity index (χ1n) is 17.6. The van der Waals surface area contributed by atoms with Gasteiger partial charge in [0.05, 0.1) is 39.9 Å². The number of nitrogens with one attached hydrogen (secondary N) is 1. The second-order valence-electron chi connectivity index (χ2n) is 12.5. The van der Waals surface area contributed by atoms with E-state index >= 15 is 0 Å². The minimum atomic E-state index is -4.58. The summed E-state index contributed by atoms with van der Waals surface area (Å²) in [4.78, 5) is 24.8. The minimum absolute atomic E-state index is 0.0200. The highest BCUT2D eigenvalue weighted by Gasteiger charge is 2.23. The predicted molar refractivity (Wildman–Crippen MR) is 200 cm³/mol. The topological polar surface area (TPSA) is 108 Å². The zero-order valence-electron chi connectivity index (χ0n) is 30.4. The van der Waals surface area contributed by atoms with Crippen LogP contribution in [0.15, 0.2) is 97.2 Å². The van der Waals surface area contributed by atoms with E-state index in [-0.39, 0.29) is 18.9 Å². The molecule has 48 heavy (non-hydrogen) atoms. The monoisotopic (exact) mass is 688 g/mol. The van der Waals surface area contributed by atoms with Crippen molar-refractivity contribution in [1.82, 2.24) is 5.32 Å². The van der Waals surface area contributed by atoms with Crippen molar-refractivity contribution in [2.75, 3.05) is 40.9 Å². The number of amides is 1. The van der Waals surface area contributed by atoms with Crippen LogP contribution in [0.25, 0.3) is 0 Å². The number of aliphatic hydroxyl groups is 1. The van der Waals surface area contributed by atoms with Crippen LogP contribution < -0.4 is 10.2 Å². The summed E-state index contributed by atoms with van der Waals surface area (Å²) in [7, 11) is 1.19. The van der Waals surface area contributed by atoms with Gasteiger partial charge in [0.1, 0.15) is 13.2 Å². The van der Waals surface area contributed by atoms with E-state index in [0.717, 1.165) is 64.2 Å². The molecule has 0 bridgehead atoms. The van der Waals surface area contributed by atoms with Crippen molar-refractivity contribution in [2.24, 2.45) is 0 Å². The fourth-order valence-corrected chi connectivity index (χ4v) is 4.69. The van der Waals surface area contributed by atoms with E-state index in [1.165, 1.54) is 0 Å². The SMILES string of the molecule is CC/C=C\C/C=C\C/C=C\C/C=C\C/C=C\C/C=C\C/C=C\CCCC(=O)NC(COP(=O)([O-])OCC[N+](C)(C)C)C(O)/C=C/CCC. The average Bonchev–Trinajstić information content (AvgIpc) is 3.02. The summed E-state index contributed by atoms with van der Waals surface area (Å²) in [6, 6.07) is -0.918. The fourth-order valence-electron chi connectivity index (χ4n) is 3.97. The summed E-state index contributed by atoms with van der Waals surface area (Å²) in [6.07, 6.45) is 42.6. The predicted octanol–water partition coefficient (Wildman–Crippen LogP) is 8.21. The molecular weight excluding hydrogens is 623 g/mol. The molecule has 0 radical (unpaired) electrons. The number of carbonyl (C=O) groups is 1. The molecule has 8 nitrogen and oxygen atoms in total. The van der Waals surface area contributed by atoms with Crippen molar-refractivity contribution in [3.8, 4) is 0 Å². The summed E-state index contributed by atoms with van der Waals surface area (Å²) < 4.78 is 22.7. The zero-order chi connectivity index (χ0) is 35.8. The standard InChI is InChI=1S/C39H65N2O6P/c1-6-8-10-11-12-13-14-15-16-17-18-19-20-21-22-23-24-25-26-27-28-29-31-33-39(43)40-37(38(42)32-30-9-7-2)36-47-48(44,45)46-35-34-41(3,4)5/h8,10,12-13,15-16,18-19,21-22,24-25,27-28,30,32,37-38,42H,6-7,9,11,14,17,20,23,26,29,31,33-36H2,1-5H3,(H-,40,43,44,45)/b10-8-,13-12-,16-15-,19-18-,22-21-,25-24-,28-27-,32-30+. The number of nitrogens with zero attached hydrogens (tertiary/aromatic N) is 1. The van der Waals surface area contributed by atoms with Crippen molar-refractivity contribution in [1.29, 1.82) is 0 Å². The van der Waals surface area contributed by atoms with Crippen molar-refractivity contribution in [2.45, 2.75) is 103 Å². The Morgan fingerprint density at radius 3 is 1.69 bits per heavy atom. The lowest BCUT2D eigenvalue weighted by atomic mass is 10.1. The van der Waals surface area contributed by atoms with Crippen LogP contribution in [0, 0.1) is 0 Å². The number of phosphoric ester groups is 1. The quantitative estimate of drug-likeness (QED) is 0.0355. The van der Waals surface area contributed by atoms with Crippen LogP contribution in [0.2, 0.25) is 0 Å². The van der Waals surface area contributed by atoms with E-state index in [2.05, 4.69) is 97.3 Å². The van der Waals surface area contributed by atoms with E-state index in [0.29, 0.717) is 17.4 Å². The Bertz CT molecular complexity index is 1100. The molecule has 0 aromatic heterocycles. The van der Waals surface area contributed by atoms with Crippen molar-refractivity contribution < 1.29 is 32.9 Å². The van der Waals surface area contributed by atoms with Gasteiger partial charge in [-0.15, -0.1) is 0 Å². The maximum atomic E-state index is 12.6. The number of hydrogen-bond acceptors (Lipinski definition) is 6. The third-order valence-electron chi connectivity index (χ3n) is 6.78. The second kappa shape index (κ2) is 30.5. The lowest BCUT2D eigenvalue weighted by molar-refractivity contribution is -0.870. The molecule has 0 aromatic carbocycles. The molecule has 0 aliphatic carbocycles. The molecule has 0 aliphatic heterocycles. The molecule has 9 heteroatoms. The Hall–Kier alpha value is -2.58. The van der Waals surface area contributed by atoms with Crippen molar-refractivity contribution in [3.63, 3.8) is 0 Å². The van der Waals surface area contributed by atoms with Crippen LogP contribution in [0.5, 0.6) is 0 Å². The van der Waals surface area contributed by atoms with E-state index in [1.54, 1.807) is 12.2 Å². The summed E-state index contributed by atoms with van der Waals surface area (Å²) in [5, 5.41) is 13.3. The van der Waals surface area contributed by atoms with Crippen LogP contribution in [0.3, 0.4) is 0 Å². The Morgan fingerprint density at radius 1 is 0.750 bits per heavy atom. The molecule has 0 spiro atoms. The number of aliphatic hydroxyl groups excluding tert-OH is 1. The lowest BCUT2D eigenvalue weighted by Crippen LogP contribution is -2.45. The number of carbonyl (C=O) groups excluding carboxylic acids is 1. The number of quaternary nitrogens is 1. The summed E-state index contributed by atoms with van der Waals surface area (Å²) in [5.41, 5.74) is 0. The molecule has 0 saturated carbocycles. The molecule has 2 N–H and O–H groups in total. The van der Waals surface area contributed by atoms with Crippen LogP contribution >= 0.6 is 7.82 Å². The zero-order valence-corrected chi connectivity index (χ0v) is 31.3. The van der Waals surface area contributed by atoms with Crippen molar-refractivity contribution >= 4 is 13.7 Å². The highest BCUT2D eigenvalue weighted by molar-refractivity contribution is 7.45. The maximum Gasteiger partial charge on any atom is 0.268 e. The van der Waals surface area contributed by atoms with Gasteiger partial charge in [0.25, 0.3) is 7.82 Å². The van der Waals surface area contributed by atoms with Gasteiger partial charge in [-0.1, -0.05) is 117 Å². The van der Waals surface area contributed by atoms with Crippen molar-refractivity contribution in [3.05, 3.63) is 97.2 Å².